The molecule has 0 aromatic heterocycles. The number of benzene rings is 2. The molecule has 1 aliphatic heterocycles. The zero-order valence-corrected chi connectivity index (χ0v) is 13.7. The molecule has 0 aliphatic carbocycles. The van der Waals surface area contributed by atoms with Gasteiger partial charge >= 0.3 is 0 Å². The first-order valence-electron chi connectivity index (χ1n) is 8.15. The Hall–Kier alpha value is -2.84. The highest BCUT2D eigenvalue weighted by Crippen LogP contribution is 2.17. The molecular formula is C20H19FN2O2. The first-order chi connectivity index (χ1) is 12.2. The van der Waals surface area contributed by atoms with Crippen molar-refractivity contribution in [3.8, 4) is 11.8 Å². The van der Waals surface area contributed by atoms with E-state index in [-0.39, 0.29) is 5.82 Å². The maximum absolute atomic E-state index is 12.9. The van der Waals surface area contributed by atoms with E-state index in [4.69, 9.17) is 0 Å². The summed E-state index contributed by atoms with van der Waals surface area (Å²) in [7, 11) is 0. The number of halogens is 1. The number of aliphatic hydroxyl groups is 1. The summed E-state index contributed by atoms with van der Waals surface area (Å²) in [5.74, 6) is 5.37. The Labute approximate surface area is 146 Å². The van der Waals surface area contributed by atoms with Gasteiger partial charge in [-0.25, -0.2) is 4.39 Å². The van der Waals surface area contributed by atoms with E-state index < -0.39 is 6.10 Å². The quantitative estimate of drug-likeness (QED) is 0.689. The van der Waals surface area contributed by atoms with Crippen molar-refractivity contribution < 1.29 is 14.3 Å². The van der Waals surface area contributed by atoms with Crippen molar-refractivity contribution in [3.05, 3.63) is 65.5 Å². The second-order valence-corrected chi connectivity index (χ2v) is 5.90. The summed E-state index contributed by atoms with van der Waals surface area (Å²) in [6.45, 7) is 3.09. The van der Waals surface area contributed by atoms with E-state index in [0.717, 1.165) is 43.8 Å². The first-order valence-corrected chi connectivity index (χ1v) is 8.15. The molecular weight excluding hydrogens is 319 g/mol. The summed E-state index contributed by atoms with van der Waals surface area (Å²) in [6, 6.07) is 13.5. The molecule has 5 heteroatoms. The number of piperazine rings is 1. The molecule has 128 valence electrons. The molecule has 0 bridgehead atoms. The predicted molar refractivity (Wildman–Crippen MR) is 94.5 cm³/mol. The minimum Gasteiger partial charge on any atom is -0.376 e. The van der Waals surface area contributed by atoms with E-state index in [0.29, 0.717) is 5.56 Å². The van der Waals surface area contributed by atoms with Crippen molar-refractivity contribution in [1.29, 1.82) is 0 Å². The van der Waals surface area contributed by atoms with Crippen molar-refractivity contribution >= 4 is 12.1 Å². The van der Waals surface area contributed by atoms with Crippen LogP contribution in [0.4, 0.5) is 10.1 Å². The number of amides is 1. The monoisotopic (exact) mass is 338 g/mol. The average molecular weight is 338 g/mol. The Morgan fingerprint density at radius 3 is 2.24 bits per heavy atom. The molecule has 4 nitrogen and oxygen atoms in total. The third-order valence-electron chi connectivity index (χ3n) is 4.23. The Kier molecular flexibility index (Phi) is 5.32. The van der Waals surface area contributed by atoms with Crippen molar-refractivity contribution in [2.75, 3.05) is 31.1 Å². The molecule has 2 aromatic rings. The highest BCUT2D eigenvalue weighted by Gasteiger charge is 2.15. The van der Waals surface area contributed by atoms with Gasteiger partial charge in [0.25, 0.3) is 0 Å². The second kappa shape index (κ2) is 7.82. The van der Waals surface area contributed by atoms with Crippen molar-refractivity contribution in [2.24, 2.45) is 0 Å². The summed E-state index contributed by atoms with van der Waals surface area (Å²) >= 11 is 0. The summed E-state index contributed by atoms with van der Waals surface area (Å²) < 4.78 is 12.9. The fourth-order valence-electron chi connectivity index (χ4n) is 2.72. The van der Waals surface area contributed by atoms with Gasteiger partial charge in [0.2, 0.25) is 6.41 Å². The maximum Gasteiger partial charge on any atom is 0.209 e. The van der Waals surface area contributed by atoms with Gasteiger partial charge in [0, 0.05) is 37.4 Å². The van der Waals surface area contributed by atoms with Gasteiger partial charge in [0.15, 0.2) is 0 Å². The van der Waals surface area contributed by atoms with Crippen LogP contribution in [0.3, 0.4) is 0 Å². The molecule has 0 radical (unpaired) electrons. The molecule has 1 amide bonds. The number of rotatable bonds is 3. The van der Waals surface area contributed by atoms with Crippen LogP contribution in [0, 0.1) is 17.7 Å². The number of hydrogen-bond acceptors (Lipinski definition) is 3. The van der Waals surface area contributed by atoms with Crippen LogP contribution >= 0.6 is 0 Å². The molecule has 1 atom stereocenters. The fourth-order valence-corrected chi connectivity index (χ4v) is 2.72. The van der Waals surface area contributed by atoms with Crippen LogP contribution < -0.4 is 4.90 Å². The molecule has 3 rings (SSSR count). The summed E-state index contributed by atoms with van der Waals surface area (Å²) in [5, 5.41) is 10.0. The van der Waals surface area contributed by atoms with Crippen LogP contribution in [0.15, 0.2) is 48.5 Å². The molecule has 1 heterocycles. The molecule has 1 saturated heterocycles. The normalized spacial score (nSPS) is 15.3. The van der Waals surface area contributed by atoms with E-state index in [1.165, 1.54) is 24.3 Å². The Morgan fingerprint density at radius 1 is 1.00 bits per heavy atom. The molecule has 1 aliphatic rings. The second-order valence-electron chi connectivity index (χ2n) is 5.90. The zero-order valence-electron chi connectivity index (χ0n) is 13.7. The van der Waals surface area contributed by atoms with Crippen molar-refractivity contribution in [2.45, 2.75) is 6.10 Å². The topological polar surface area (TPSA) is 43.8 Å². The minimum absolute atomic E-state index is 0.339. The van der Waals surface area contributed by atoms with Gasteiger partial charge in [-0.05, 0) is 42.0 Å². The zero-order chi connectivity index (χ0) is 17.6. The Morgan fingerprint density at radius 2 is 1.64 bits per heavy atom. The summed E-state index contributed by atoms with van der Waals surface area (Å²) in [4.78, 5) is 14.7. The van der Waals surface area contributed by atoms with Crippen LogP contribution in [0.5, 0.6) is 0 Å². The SMILES string of the molecule is O=CN1CCN(c2ccc(C#CC(O)c3ccc(F)cc3)cc2)CC1. The fraction of sp³-hybridized carbons (Fsp3) is 0.250. The van der Waals surface area contributed by atoms with Gasteiger partial charge in [-0.2, -0.15) is 0 Å². The van der Waals surface area contributed by atoms with Gasteiger partial charge in [-0.1, -0.05) is 24.0 Å². The average Bonchev–Trinajstić information content (AvgIpc) is 2.67. The minimum atomic E-state index is -0.948. The number of aliphatic hydroxyl groups excluding tert-OH is 1. The van der Waals surface area contributed by atoms with Crippen LogP contribution in [0.25, 0.3) is 0 Å². The number of anilines is 1. The van der Waals surface area contributed by atoms with Crippen molar-refractivity contribution in [1.82, 2.24) is 4.90 Å². The van der Waals surface area contributed by atoms with Gasteiger partial charge in [-0.15, -0.1) is 0 Å². The molecule has 0 spiro atoms. The lowest BCUT2D eigenvalue weighted by Crippen LogP contribution is -2.45. The smallest absolute Gasteiger partial charge is 0.209 e. The first kappa shape index (κ1) is 17.0. The lowest BCUT2D eigenvalue weighted by atomic mass is 10.1. The summed E-state index contributed by atoms with van der Waals surface area (Å²) in [5.41, 5.74) is 2.46. The standard InChI is InChI=1S/C20H19FN2O2/c21-18-6-4-17(5-7-18)20(25)10-3-16-1-8-19(9-2-16)23-13-11-22(15-24)12-14-23/h1-2,4-9,15,20,25H,11-14H2. The Balaban J connectivity index is 1.63. The lowest BCUT2D eigenvalue weighted by molar-refractivity contribution is -0.118. The van der Waals surface area contributed by atoms with Crippen LogP contribution in [0.1, 0.15) is 17.2 Å². The molecule has 25 heavy (non-hydrogen) atoms. The number of carbonyl (C=O) groups excluding carboxylic acids is 1. The molecule has 1 fully saturated rings. The molecule has 0 saturated carbocycles. The summed E-state index contributed by atoms with van der Waals surface area (Å²) in [6.07, 6.45) is -0.0562. The van der Waals surface area contributed by atoms with Crippen LogP contribution in [-0.4, -0.2) is 42.6 Å². The Bertz CT molecular complexity index is 770. The molecule has 2 aromatic carbocycles. The largest absolute Gasteiger partial charge is 0.376 e. The van der Waals surface area contributed by atoms with Gasteiger partial charge in [-0.3, -0.25) is 4.79 Å². The lowest BCUT2D eigenvalue weighted by Gasteiger charge is -2.34. The number of nitrogens with zero attached hydrogens (tertiary/aromatic N) is 2. The predicted octanol–water partition coefficient (Wildman–Crippen LogP) is 2.19. The van der Waals surface area contributed by atoms with E-state index in [9.17, 15) is 14.3 Å². The van der Waals surface area contributed by atoms with E-state index in [1.54, 1.807) is 4.90 Å². The van der Waals surface area contributed by atoms with Gasteiger partial charge in [0.05, 0.1) is 0 Å². The molecule has 1 unspecified atom stereocenters. The number of hydrogen-bond donors (Lipinski definition) is 1. The third kappa shape index (κ3) is 4.37. The van der Waals surface area contributed by atoms with Crippen LogP contribution in [-0.2, 0) is 4.79 Å². The third-order valence-corrected chi connectivity index (χ3v) is 4.23. The van der Waals surface area contributed by atoms with Gasteiger partial charge in [0.1, 0.15) is 11.9 Å². The van der Waals surface area contributed by atoms with Gasteiger partial charge < -0.3 is 14.9 Å². The van der Waals surface area contributed by atoms with E-state index in [2.05, 4.69) is 16.7 Å². The highest BCUT2D eigenvalue weighted by molar-refractivity contribution is 5.53. The van der Waals surface area contributed by atoms with Crippen molar-refractivity contribution in [3.63, 3.8) is 0 Å². The van der Waals surface area contributed by atoms with E-state index >= 15 is 0 Å². The number of carbonyl (C=O) groups is 1. The van der Waals surface area contributed by atoms with E-state index in [1.807, 2.05) is 24.3 Å². The van der Waals surface area contributed by atoms with Crippen LogP contribution in [0.2, 0.25) is 0 Å². The molecule has 1 N–H and O–H groups in total. The maximum atomic E-state index is 12.9. The highest BCUT2D eigenvalue weighted by atomic mass is 19.1.